The van der Waals surface area contributed by atoms with E-state index in [2.05, 4.69) is 41.6 Å². The normalized spacial score (nSPS) is 12.3. The molecule has 0 radical (unpaired) electrons. The number of hydrogen-bond donors (Lipinski definition) is 2. The number of benzene rings is 2. The van der Waals surface area contributed by atoms with Crippen LogP contribution >= 0.6 is 0 Å². The van der Waals surface area contributed by atoms with Crippen molar-refractivity contribution in [3.63, 3.8) is 0 Å². The number of para-hydroxylation sites is 1. The van der Waals surface area contributed by atoms with Crippen LogP contribution in [0.2, 0.25) is 0 Å². The molecule has 0 amide bonds. The second-order valence-corrected chi connectivity index (χ2v) is 6.75. The van der Waals surface area contributed by atoms with Crippen LogP contribution in [0, 0.1) is 11.7 Å². The highest BCUT2D eigenvalue weighted by atomic mass is 19.1. The van der Waals surface area contributed by atoms with E-state index < -0.39 is 0 Å². The molecule has 26 heavy (non-hydrogen) atoms. The molecule has 0 saturated heterocycles. The Bertz CT molecular complexity index is 800. The molecule has 0 saturated carbocycles. The summed E-state index contributed by atoms with van der Waals surface area (Å²) in [6, 6.07) is 15.8. The Morgan fingerprint density at radius 2 is 1.92 bits per heavy atom. The summed E-state index contributed by atoms with van der Waals surface area (Å²) in [7, 11) is 0. The third kappa shape index (κ3) is 4.70. The van der Waals surface area contributed by atoms with E-state index >= 15 is 0 Å². The molecule has 0 aliphatic carbocycles. The minimum absolute atomic E-state index is 0.245. The molecule has 3 rings (SSSR count). The Morgan fingerprint density at radius 3 is 2.58 bits per heavy atom. The topological polar surface area (TPSA) is 41.9 Å². The molecule has 1 heterocycles. The van der Waals surface area contributed by atoms with Crippen LogP contribution in [0.4, 0.5) is 10.1 Å². The van der Waals surface area contributed by atoms with Crippen molar-refractivity contribution in [2.75, 3.05) is 11.9 Å². The lowest BCUT2D eigenvalue weighted by Gasteiger charge is -2.24. The number of halogens is 1. The van der Waals surface area contributed by atoms with Crippen LogP contribution in [0.25, 0.3) is 5.69 Å². The van der Waals surface area contributed by atoms with E-state index in [4.69, 9.17) is 0 Å². The van der Waals surface area contributed by atoms with Crippen LogP contribution in [0.3, 0.4) is 0 Å². The zero-order valence-corrected chi connectivity index (χ0v) is 15.2. The molecule has 1 atom stereocenters. The monoisotopic (exact) mass is 352 g/mol. The molecule has 0 bridgehead atoms. The van der Waals surface area contributed by atoms with Gasteiger partial charge < -0.3 is 15.2 Å². The van der Waals surface area contributed by atoms with Gasteiger partial charge in [-0.05, 0) is 35.7 Å². The minimum atomic E-state index is -0.245. The van der Waals surface area contributed by atoms with E-state index in [1.54, 1.807) is 35.4 Å². The molecule has 1 unspecified atom stereocenters. The van der Waals surface area contributed by atoms with E-state index in [9.17, 15) is 4.39 Å². The molecule has 0 aliphatic rings. The highest BCUT2D eigenvalue weighted by molar-refractivity contribution is 5.43. The van der Waals surface area contributed by atoms with Crippen LogP contribution in [0.5, 0.6) is 0 Å². The van der Waals surface area contributed by atoms with E-state index in [1.165, 1.54) is 0 Å². The summed E-state index contributed by atoms with van der Waals surface area (Å²) >= 11 is 0. The van der Waals surface area contributed by atoms with Crippen LogP contribution in [0.1, 0.15) is 19.4 Å². The predicted octanol–water partition coefficient (Wildman–Crippen LogP) is 4.24. The fourth-order valence-corrected chi connectivity index (χ4v) is 2.85. The second-order valence-electron chi connectivity index (χ2n) is 6.75. The van der Waals surface area contributed by atoms with Gasteiger partial charge in [0.25, 0.3) is 0 Å². The molecule has 3 aromatic rings. The SMILES string of the molecule is CC(C)C(CNCc1ccc(-n2ccnc2)c(F)c1)Nc1ccccc1. The van der Waals surface area contributed by atoms with Crippen molar-refractivity contribution in [2.45, 2.75) is 26.4 Å². The van der Waals surface area contributed by atoms with Crippen molar-refractivity contribution in [1.82, 2.24) is 14.9 Å². The molecule has 4 nitrogen and oxygen atoms in total. The van der Waals surface area contributed by atoms with E-state index in [0.717, 1.165) is 17.8 Å². The largest absolute Gasteiger partial charge is 0.381 e. The summed E-state index contributed by atoms with van der Waals surface area (Å²) in [4.78, 5) is 3.96. The maximum Gasteiger partial charge on any atom is 0.147 e. The molecule has 2 aromatic carbocycles. The number of nitrogens with zero attached hydrogens (tertiary/aromatic N) is 2. The van der Waals surface area contributed by atoms with E-state index in [1.807, 2.05) is 24.3 Å². The molecule has 136 valence electrons. The predicted molar refractivity (Wildman–Crippen MR) is 104 cm³/mol. The van der Waals surface area contributed by atoms with Gasteiger partial charge in [-0.1, -0.05) is 38.1 Å². The highest BCUT2D eigenvalue weighted by Crippen LogP contribution is 2.15. The van der Waals surface area contributed by atoms with E-state index in [0.29, 0.717) is 24.2 Å². The number of rotatable bonds is 8. The lowest BCUT2D eigenvalue weighted by atomic mass is 10.0. The molecule has 0 fully saturated rings. The summed E-state index contributed by atoms with van der Waals surface area (Å²) < 4.78 is 16.0. The Balaban J connectivity index is 1.57. The minimum Gasteiger partial charge on any atom is -0.381 e. The zero-order chi connectivity index (χ0) is 18.4. The van der Waals surface area contributed by atoms with Gasteiger partial charge >= 0.3 is 0 Å². The van der Waals surface area contributed by atoms with Gasteiger partial charge in [0.1, 0.15) is 5.82 Å². The highest BCUT2D eigenvalue weighted by Gasteiger charge is 2.13. The fourth-order valence-electron chi connectivity index (χ4n) is 2.85. The first-order valence-corrected chi connectivity index (χ1v) is 8.92. The van der Waals surface area contributed by atoms with Gasteiger partial charge in [0.2, 0.25) is 0 Å². The summed E-state index contributed by atoms with van der Waals surface area (Å²) in [6.45, 7) is 5.82. The average Bonchev–Trinajstić information content (AvgIpc) is 3.16. The maximum absolute atomic E-state index is 14.3. The fraction of sp³-hybridized carbons (Fsp3) is 0.286. The molecule has 1 aromatic heterocycles. The number of aromatic nitrogens is 2. The first-order valence-electron chi connectivity index (χ1n) is 8.92. The van der Waals surface area contributed by atoms with Gasteiger partial charge in [0.05, 0.1) is 12.0 Å². The number of imidazole rings is 1. The third-order valence-corrected chi connectivity index (χ3v) is 4.42. The molecule has 5 heteroatoms. The van der Waals surface area contributed by atoms with Crippen LogP contribution in [-0.4, -0.2) is 22.1 Å². The first-order chi connectivity index (χ1) is 12.6. The van der Waals surface area contributed by atoms with Crippen molar-refractivity contribution in [3.8, 4) is 5.69 Å². The van der Waals surface area contributed by atoms with Gasteiger partial charge in [-0.2, -0.15) is 0 Å². The van der Waals surface area contributed by atoms with Gasteiger partial charge in [-0.3, -0.25) is 0 Å². The lowest BCUT2D eigenvalue weighted by Crippen LogP contribution is -2.36. The second kappa shape index (κ2) is 8.63. The molecular formula is C21H25FN4. The average molecular weight is 352 g/mol. The molecule has 0 spiro atoms. The Kier molecular flexibility index (Phi) is 6.02. The smallest absolute Gasteiger partial charge is 0.147 e. The van der Waals surface area contributed by atoms with Crippen molar-refractivity contribution >= 4 is 5.69 Å². The third-order valence-electron chi connectivity index (χ3n) is 4.42. The van der Waals surface area contributed by atoms with Gasteiger partial charge in [-0.15, -0.1) is 0 Å². The van der Waals surface area contributed by atoms with Crippen LogP contribution in [0.15, 0.2) is 67.3 Å². The van der Waals surface area contributed by atoms with Crippen molar-refractivity contribution in [3.05, 3.63) is 78.6 Å². The lowest BCUT2D eigenvalue weighted by molar-refractivity contribution is 0.484. The van der Waals surface area contributed by atoms with Crippen molar-refractivity contribution in [1.29, 1.82) is 0 Å². The number of anilines is 1. The summed E-state index contributed by atoms with van der Waals surface area (Å²) in [5.74, 6) is 0.230. The molecule has 0 aliphatic heterocycles. The Hall–Kier alpha value is -2.66. The van der Waals surface area contributed by atoms with Gasteiger partial charge in [0, 0.05) is 37.2 Å². The van der Waals surface area contributed by atoms with Crippen LogP contribution in [-0.2, 0) is 6.54 Å². The van der Waals surface area contributed by atoms with Crippen molar-refractivity contribution in [2.24, 2.45) is 5.92 Å². The molecule has 2 N–H and O–H groups in total. The summed E-state index contributed by atoms with van der Waals surface area (Å²) in [5.41, 5.74) is 2.55. The number of hydrogen-bond acceptors (Lipinski definition) is 3. The van der Waals surface area contributed by atoms with E-state index in [-0.39, 0.29) is 5.82 Å². The standard InChI is InChI=1S/C21H25FN4/c1-16(2)20(25-18-6-4-3-5-7-18)14-24-13-17-8-9-21(19(22)12-17)26-11-10-23-15-26/h3-12,15-16,20,24-25H,13-14H2,1-2H3. The summed E-state index contributed by atoms with van der Waals surface area (Å²) in [6.07, 6.45) is 4.97. The Labute approximate surface area is 154 Å². The number of nitrogens with one attached hydrogen (secondary N) is 2. The van der Waals surface area contributed by atoms with Crippen LogP contribution < -0.4 is 10.6 Å². The van der Waals surface area contributed by atoms with Gasteiger partial charge in [-0.25, -0.2) is 9.37 Å². The maximum atomic E-state index is 14.3. The van der Waals surface area contributed by atoms with Crippen molar-refractivity contribution < 1.29 is 4.39 Å². The zero-order valence-electron chi connectivity index (χ0n) is 15.2. The first kappa shape index (κ1) is 18.1. The quantitative estimate of drug-likeness (QED) is 0.637. The summed E-state index contributed by atoms with van der Waals surface area (Å²) in [5, 5.41) is 6.99. The van der Waals surface area contributed by atoms with Gasteiger partial charge in [0.15, 0.2) is 0 Å². The Morgan fingerprint density at radius 1 is 1.12 bits per heavy atom. The molecular weight excluding hydrogens is 327 g/mol.